The molecule has 0 aliphatic carbocycles. The molecule has 11 heteroatoms. The maximum Gasteiger partial charge on any atom is 0.438 e. The van der Waals surface area contributed by atoms with Crippen molar-refractivity contribution < 1.29 is 23.1 Å². The molecule has 1 aromatic heterocycles. The Morgan fingerprint density at radius 1 is 1.18 bits per heavy atom. The minimum Gasteiger partial charge on any atom is -0.362 e. The van der Waals surface area contributed by atoms with E-state index in [2.05, 4.69) is 15.3 Å². The number of rotatable bonds is 2. The molecule has 28 heavy (non-hydrogen) atoms. The van der Waals surface area contributed by atoms with Crippen LogP contribution in [0, 0.1) is 0 Å². The van der Waals surface area contributed by atoms with Gasteiger partial charge in [0.2, 0.25) is 0 Å². The lowest BCUT2D eigenvalue weighted by Crippen LogP contribution is -2.56. The lowest BCUT2D eigenvalue weighted by molar-refractivity contribution is -0.297. The maximum absolute atomic E-state index is 13.6. The van der Waals surface area contributed by atoms with Crippen molar-refractivity contribution >= 4 is 34.0 Å². The third kappa shape index (κ3) is 2.81. The van der Waals surface area contributed by atoms with E-state index in [0.717, 1.165) is 10.8 Å². The van der Waals surface area contributed by atoms with Crippen molar-refractivity contribution in [1.29, 1.82) is 0 Å². The summed E-state index contributed by atoms with van der Waals surface area (Å²) in [5, 5.41) is 24.2. The van der Waals surface area contributed by atoms with Crippen molar-refractivity contribution in [3.8, 4) is 0 Å². The Kier molecular flexibility index (Phi) is 4.12. The number of nitrogens with one attached hydrogen (secondary N) is 1. The van der Waals surface area contributed by atoms with E-state index in [1.54, 1.807) is 30.3 Å². The first-order valence-electron chi connectivity index (χ1n) is 7.97. The van der Waals surface area contributed by atoms with Crippen LogP contribution in [0.4, 0.5) is 13.2 Å². The molecule has 7 nitrogen and oxygen atoms in total. The summed E-state index contributed by atoms with van der Waals surface area (Å²) in [6, 6.07) is 12.2. The highest BCUT2D eigenvalue weighted by Gasteiger charge is 2.63. The number of hydrogen-bond donors (Lipinski definition) is 2. The van der Waals surface area contributed by atoms with Gasteiger partial charge in [-0.3, -0.25) is 4.79 Å². The molecular formula is C17H11ClF3N5O2. The Labute approximate surface area is 160 Å². The first kappa shape index (κ1) is 18.4. The highest BCUT2D eigenvalue weighted by molar-refractivity contribution is 6.32. The van der Waals surface area contributed by atoms with E-state index in [4.69, 9.17) is 11.6 Å². The summed E-state index contributed by atoms with van der Waals surface area (Å²) in [4.78, 5) is 12.5. The Morgan fingerprint density at radius 2 is 1.89 bits per heavy atom. The fourth-order valence-electron chi connectivity index (χ4n) is 2.96. The zero-order valence-electron chi connectivity index (χ0n) is 13.9. The van der Waals surface area contributed by atoms with Crippen LogP contribution in [0.3, 0.4) is 0 Å². The van der Waals surface area contributed by atoms with Crippen LogP contribution >= 0.6 is 11.6 Å². The number of aromatic nitrogens is 3. The number of hydrazone groups is 1. The van der Waals surface area contributed by atoms with Crippen LogP contribution < -0.4 is 0 Å². The average molecular weight is 410 g/mol. The van der Waals surface area contributed by atoms with Gasteiger partial charge in [-0.25, -0.2) is 0 Å². The molecule has 2 N–H and O–H groups in total. The summed E-state index contributed by atoms with van der Waals surface area (Å²) in [7, 11) is 0. The number of halogens is 4. The van der Waals surface area contributed by atoms with Crippen LogP contribution in [-0.2, 0) is 0 Å². The van der Waals surface area contributed by atoms with Gasteiger partial charge in [0.25, 0.3) is 5.72 Å². The standard InChI is InChI=1S/C17H11ClF3N5O2/c18-14-13(22-25-23-14)15(27)26-16(28,17(19,20)21)8-12(24-26)11-6-5-9-3-1-2-4-10(9)7-11/h1-7,28H,8H2,(H,22,23,25). The van der Waals surface area contributed by atoms with E-state index in [-0.39, 0.29) is 10.7 Å². The molecule has 1 amide bonds. The number of H-pyrrole nitrogens is 1. The lowest BCUT2D eigenvalue weighted by Gasteiger charge is -2.32. The molecule has 0 spiro atoms. The summed E-state index contributed by atoms with van der Waals surface area (Å²) < 4.78 is 40.9. The zero-order valence-corrected chi connectivity index (χ0v) is 14.7. The molecule has 3 aromatic rings. The monoisotopic (exact) mass is 409 g/mol. The topological polar surface area (TPSA) is 94.5 Å². The van der Waals surface area contributed by atoms with E-state index in [1.807, 2.05) is 17.3 Å². The fourth-order valence-corrected chi connectivity index (χ4v) is 3.12. The third-order valence-corrected chi connectivity index (χ3v) is 4.69. The average Bonchev–Trinajstić information content (AvgIpc) is 3.24. The Hall–Kier alpha value is -2.98. The van der Waals surface area contributed by atoms with E-state index in [1.165, 1.54) is 0 Å². The second-order valence-electron chi connectivity index (χ2n) is 6.18. The molecule has 1 aliphatic rings. The van der Waals surface area contributed by atoms with Crippen LogP contribution in [0.25, 0.3) is 10.8 Å². The number of alkyl halides is 3. The van der Waals surface area contributed by atoms with E-state index in [0.29, 0.717) is 5.56 Å². The van der Waals surface area contributed by atoms with Gasteiger partial charge in [-0.05, 0) is 22.4 Å². The largest absolute Gasteiger partial charge is 0.438 e. The molecule has 1 unspecified atom stereocenters. The molecule has 2 heterocycles. The van der Waals surface area contributed by atoms with Gasteiger partial charge in [0, 0.05) is 0 Å². The molecule has 1 aliphatic heterocycles. The van der Waals surface area contributed by atoms with Crippen molar-refractivity contribution in [3.05, 3.63) is 58.9 Å². The summed E-state index contributed by atoms with van der Waals surface area (Å²) in [5.74, 6) is -1.32. The fraction of sp³-hybridized carbons (Fsp3) is 0.176. The van der Waals surface area contributed by atoms with Crippen LogP contribution in [0.5, 0.6) is 0 Å². The smallest absolute Gasteiger partial charge is 0.362 e. The van der Waals surface area contributed by atoms with Crippen molar-refractivity contribution in [2.45, 2.75) is 18.3 Å². The maximum atomic E-state index is 13.6. The molecule has 0 radical (unpaired) electrons. The second-order valence-corrected chi connectivity index (χ2v) is 6.54. The number of aromatic amines is 1. The number of carbonyl (C=O) groups excluding carboxylic acids is 1. The lowest BCUT2D eigenvalue weighted by atomic mass is 9.98. The first-order valence-corrected chi connectivity index (χ1v) is 8.35. The third-order valence-electron chi connectivity index (χ3n) is 4.42. The SMILES string of the molecule is O=C(c1n[nH]nc1Cl)N1N=C(c2ccc3ccccc3c2)CC1(O)C(F)(F)F. The minimum atomic E-state index is -5.17. The number of nitrogens with zero attached hydrogens (tertiary/aromatic N) is 4. The second kappa shape index (κ2) is 6.28. The van der Waals surface area contributed by atoms with Gasteiger partial charge in [-0.15, -0.1) is 10.2 Å². The van der Waals surface area contributed by atoms with Crippen LogP contribution in [0.15, 0.2) is 47.6 Å². The van der Waals surface area contributed by atoms with Gasteiger partial charge in [0.05, 0.1) is 12.1 Å². The summed E-state index contributed by atoms with van der Waals surface area (Å²) in [6.45, 7) is 0. The molecule has 0 saturated carbocycles. The quantitative estimate of drug-likeness (QED) is 0.680. The summed E-state index contributed by atoms with van der Waals surface area (Å²) in [5.41, 5.74) is -3.86. The molecular weight excluding hydrogens is 399 g/mol. The highest BCUT2D eigenvalue weighted by atomic mass is 35.5. The molecule has 0 bridgehead atoms. The Bertz CT molecular complexity index is 1110. The van der Waals surface area contributed by atoms with Gasteiger partial charge in [0.1, 0.15) is 0 Å². The number of carbonyl (C=O) groups is 1. The van der Waals surface area contributed by atoms with Gasteiger partial charge in [-0.1, -0.05) is 48.0 Å². The summed E-state index contributed by atoms with van der Waals surface area (Å²) >= 11 is 5.68. The Balaban J connectivity index is 1.80. The highest BCUT2D eigenvalue weighted by Crippen LogP contribution is 2.42. The first-order chi connectivity index (χ1) is 13.2. The molecule has 0 saturated heterocycles. The normalized spacial score (nSPS) is 19.9. The molecule has 1 atom stereocenters. The van der Waals surface area contributed by atoms with Crippen molar-refractivity contribution in [2.75, 3.05) is 0 Å². The van der Waals surface area contributed by atoms with E-state index >= 15 is 0 Å². The summed E-state index contributed by atoms with van der Waals surface area (Å²) in [6.07, 6.45) is -6.10. The van der Waals surface area contributed by atoms with Gasteiger partial charge in [-0.2, -0.15) is 28.5 Å². The molecule has 4 rings (SSSR count). The number of benzene rings is 2. The number of fused-ring (bicyclic) bond motifs is 1. The van der Waals surface area contributed by atoms with Crippen molar-refractivity contribution in [1.82, 2.24) is 20.4 Å². The van der Waals surface area contributed by atoms with E-state index < -0.39 is 35.1 Å². The van der Waals surface area contributed by atoms with Gasteiger partial charge in [0.15, 0.2) is 10.8 Å². The Morgan fingerprint density at radius 3 is 2.54 bits per heavy atom. The van der Waals surface area contributed by atoms with E-state index in [9.17, 15) is 23.1 Å². The van der Waals surface area contributed by atoms with Crippen LogP contribution in [0.1, 0.15) is 22.5 Å². The zero-order chi connectivity index (χ0) is 20.1. The predicted octanol–water partition coefficient (Wildman–Crippen LogP) is 3.11. The molecule has 144 valence electrons. The van der Waals surface area contributed by atoms with Gasteiger partial charge >= 0.3 is 12.1 Å². The molecule has 0 fully saturated rings. The number of aliphatic hydroxyl groups is 1. The predicted molar refractivity (Wildman–Crippen MR) is 93.7 cm³/mol. The van der Waals surface area contributed by atoms with Crippen molar-refractivity contribution in [3.63, 3.8) is 0 Å². The van der Waals surface area contributed by atoms with Crippen LogP contribution in [0.2, 0.25) is 5.15 Å². The van der Waals surface area contributed by atoms with Crippen molar-refractivity contribution in [2.24, 2.45) is 5.10 Å². The number of amides is 1. The van der Waals surface area contributed by atoms with Crippen LogP contribution in [-0.4, -0.2) is 49.0 Å². The van der Waals surface area contributed by atoms with Gasteiger partial charge < -0.3 is 5.11 Å². The number of hydrogen-bond acceptors (Lipinski definition) is 5. The molecule has 2 aromatic carbocycles. The minimum absolute atomic E-state index is 0.0404.